The van der Waals surface area contributed by atoms with Crippen molar-refractivity contribution in [1.29, 1.82) is 5.26 Å². The van der Waals surface area contributed by atoms with Crippen molar-refractivity contribution in [1.82, 2.24) is 4.98 Å². The lowest BCUT2D eigenvalue weighted by Crippen LogP contribution is -2.07. The van der Waals surface area contributed by atoms with Crippen molar-refractivity contribution in [3.05, 3.63) is 76.8 Å². The molecule has 2 aromatic rings. The van der Waals surface area contributed by atoms with Gasteiger partial charge >= 0.3 is 0 Å². The van der Waals surface area contributed by atoms with E-state index in [2.05, 4.69) is 17.1 Å². The van der Waals surface area contributed by atoms with E-state index in [9.17, 15) is 0 Å². The fourth-order valence-corrected chi connectivity index (χ4v) is 3.52. The number of aliphatic imine (C=N–C) groups is 1. The van der Waals surface area contributed by atoms with Gasteiger partial charge in [-0.3, -0.25) is 9.98 Å². The number of rotatable bonds is 2. The quantitative estimate of drug-likeness (QED) is 0.826. The molecule has 1 atom stereocenters. The molecule has 1 aliphatic heterocycles. The van der Waals surface area contributed by atoms with Crippen LogP contribution in [0.4, 0.5) is 0 Å². The van der Waals surface area contributed by atoms with Crippen molar-refractivity contribution in [2.75, 3.05) is 0 Å². The number of hydrogen-bond donors (Lipinski definition) is 0. The molecule has 3 nitrogen and oxygen atoms in total. The fourth-order valence-electron chi connectivity index (χ4n) is 3.52. The minimum absolute atomic E-state index is 0.467. The first-order chi connectivity index (χ1) is 11.3. The zero-order valence-electron chi connectivity index (χ0n) is 12.9. The van der Waals surface area contributed by atoms with Crippen LogP contribution in [0.2, 0.25) is 0 Å². The number of nitriles is 1. The van der Waals surface area contributed by atoms with E-state index in [0.29, 0.717) is 5.92 Å². The minimum atomic E-state index is 0.467. The normalized spacial score (nSPS) is 20.0. The van der Waals surface area contributed by atoms with Crippen LogP contribution in [0.3, 0.4) is 0 Å². The highest BCUT2D eigenvalue weighted by molar-refractivity contribution is 6.02. The van der Waals surface area contributed by atoms with Gasteiger partial charge in [0.25, 0.3) is 0 Å². The van der Waals surface area contributed by atoms with Gasteiger partial charge in [-0.05, 0) is 60.6 Å². The predicted octanol–water partition coefficient (Wildman–Crippen LogP) is 4.37. The van der Waals surface area contributed by atoms with Crippen molar-refractivity contribution in [2.24, 2.45) is 4.99 Å². The average Bonchev–Trinajstić information content (AvgIpc) is 3.06. The Morgan fingerprint density at radius 2 is 2.09 bits per heavy atom. The lowest BCUT2D eigenvalue weighted by molar-refractivity contribution is 0.576. The summed E-state index contributed by atoms with van der Waals surface area (Å²) in [6.45, 7) is 0. The molecule has 0 saturated carbocycles. The van der Waals surface area contributed by atoms with E-state index in [1.54, 1.807) is 0 Å². The molecule has 3 heteroatoms. The Kier molecular flexibility index (Phi) is 3.51. The van der Waals surface area contributed by atoms with E-state index in [1.807, 2.05) is 42.6 Å². The second kappa shape index (κ2) is 5.81. The molecular formula is C20H17N3. The van der Waals surface area contributed by atoms with Crippen LogP contribution in [0.25, 0.3) is 0 Å². The number of benzene rings is 1. The van der Waals surface area contributed by atoms with Gasteiger partial charge in [0, 0.05) is 18.3 Å². The van der Waals surface area contributed by atoms with E-state index in [-0.39, 0.29) is 0 Å². The van der Waals surface area contributed by atoms with E-state index in [0.717, 1.165) is 42.7 Å². The monoisotopic (exact) mass is 299 g/mol. The van der Waals surface area contributed by atoms with Gasteiger partial charge in [0.1, 0.15) is 0 Å². The van der Waals surface area contributed by atoms with Crippen LogP contribution in [0.1, 0.15) is 48.4 Å². The third-order valence-electron chi connectivity index (χ3n) is 4.74. The lowest BCUT2D eigenvalue weighted by atomic mass is 9.82. The Morgan fingerprint density at radius 3 is 2.91 bits per heavy atom. The van der Waals surface area contributed by atoms with Gasteiger partial charge in [0.05, 0.1) is 23.0 Å². The molecule has 1 unspecified atom stereocenters. The highest BCUT2D eigenvalue weighted by Gasteiger charge is 2.27. The molecule has 2 aliphatic rings. The van der Waals surface area contributed by atoms with Crippen LogP contribution in [-0.4, -0.2) is 10.7 Å². The summed E-state index contributed by atoms with van der Waals surface area (Å²) in [6, 6.07) is 16.2. The maximum atomic E-state index is 9.08. The summed E-state index contributed by atoms with van der Waals surface area (Å²) in [6.07, 6.45) is 5.97. The lowest BCUT2D eigenvalue weighted by Gasteiger charge is -2.23. The molecule has 0 amide bonds. The topological polar surface area (TPSA) is 49.0 Å². The zero-order valence-corrected chi connectivity index (χ0v) is 12.9. The molecule has 0 saturated heterocycles. The predicted molar refractivity (Wildman–Crippen MR) is 90.2 cm³/mol. The highest BCUT2D eigenvalue weighted by Crippen LogP contribution is 2.41. The number of allylic oxidation sites excluding steroid dienone is 2. The molecule has 23 heavy (non-hydrogen) atoms. The molecule has 1 aromatic heterocycles. The van der Waals surface area contributed by atoms with Crippen LogP contribution in [0.5, 0.6) is 0 Å². The number of pyridine rings is 1. The summed E-state index contributed by atoms with van der Waals surface area (Å²) in [5.41, 5.74) is 6.80. The maximum Gasteiger partial charge on any atom is 0.0991 e. The minimum Gasteiger partial charge on any atom is -0.255 e. The first-order valence-corrected chi connectivity index (χ1v) is 8.03. The van der Waals surface area contributed by atoms with Crippen molar-refractivity contribution < 1.29 is 0 Å². The average molecular weight is 299 g/mol. The second-order valence-corrected chi connectivity index (χ2v) is 6.18. The van der Waals surface area contributed by atoms with Gasteiger partial charge in [-0.25, -0.2) is 0 Å². The first-order valence-electron chi connectivity index (χ1n) is 8.03. The molecule has 0 radical (unpaired) electrons. The number of nitrogens with zero attached hydrogens (tertiary/aromatic N) is 3. The largest absolute Gasteiger partial charge is 0.255 e. The summed E-state index contributed by atoms with van der Waals surface area (Å²) >= 11 is 0. The smallest absolute Gasteiger partial charge is 0.0991 e. The van der Waals surface area contributed by atoms with Crippen LogP contribution in [0, 0.1) is 11.3 Å². The molecular weight excluding hydrogens is 282 g/mol. The van der Waals surface area contributed by atoms with Crippen molar-refractivity contribution in [2.45, 2.75) is 31.6 Å². The van der Waals surface area contributed by atoms with Gasteiger partial charge in [-0.1, -0.05) is 18.2 Å². The maximum absolute atomic E-state index is 9.08. The van der Waals surface area contributed by atoms with E-state index >= 15 is 0 Å². The van der Waals surface area contributed by atoms with Crippen LogP contribution >= 0.6 is 0 Å². The molecule has 0 bridgehead atoms. The Balaban J connectivity index is 1.57. The molecule has 0 spiro atoms. The fraction of sp³-hybridized carbons (Fsp3) is 0.250. The van der Waals surface area contributed by atoms with E-state index in [4.69, 9.17) is 10.3 Å². The Labute approximate surface area is 136 Å². The summed E-state index contributed by atoms with van der Waals surface area (Å²) in [7, 11) is 0. The molecule has 1 aromatic carbocycles. The zero-order chi connectivity index (χ0) is 15.6. The van der Waals surface area contributed by atoms with Gasteiger partial charge < -0.3 is 0 Å². The second-order valence-electron chi connectivity index (χ2n) is 6.18. The van der Waals surface area contributed by atoms with Gasteiger partial charge in [-0.2, -0.15) is 5.26 Å². The van der Waals surface area contributed by atoms with E-state index in [1.165, 1.54) is 16.8 Å². The number of hydrogen-bond acceptors (Lipinski definition) is 3. The molecule has 1 aliphatic carbocycles. The van der Waals surface area contributed by atoms with Crippen LogP contribution in [0.15, 0.2) is 64.9 Å². The van der Waals surface area contributed by atoms with Crippen molar-refractivity contribution in [3.63, 3.8) is 0 Å². The summed E-state index contributed by atoms with van der Waals surface area (Å²) in [5.74, 6) is 0.467. The summed E-state index contributed by atoms with van der Waals surface area (Å²) in [4.78, 5) is 9.29. The molecule has 112 valence electrons. The van der Waals surface area contributed by atoms with Crippen molar-refractivity contribution in [3.8, 4) is 6.07 Å². The molecule has 4 rings (SSSR count). The molecule has 0 fully saturated rings. The van der Waals surface area contributed by atoms with Crippen LogP contribution < -0.4 is 0 Å². The summed E-state index contributed by atoms with van der Waals surface area (Å²) < 4.78 is 0. The Bertz CT molecular complexity index is 841. The Hall–Kier alpha value is -2.73. The summed E-state index contributed by atoms with van der Waals surface area (Å²) in [5, 5.41) is 9.08. The van der Waals surface area contributed by atoms with Crippen LogP contribution in [-0.2, 0) is 0 Å². The number of aromatic nitrogens is 1. The van der Waals surface area contributed by atoms with Gasteiger partial charge in [0.15, 0.2) is 0 Å². The standard InChI is InChI=1S/C20H17N3/c21-13-14-4-3-5-15(10-14)16-7-8-17-12-20(23-19(17)11-16)18-6-1-2-9-22-18/h1-6,9-10,16H,7-8,11-12H2. The molecule has 0 N–H and O–H groups in total. The highest BCUT2D eigenvalue weighted by atomic mass is 14.8. The third kappa shape index (κ3) is 2.68. The van der Waals surface area contributed by atoms with Crippen molar-refractivity contribution >= 4 is 5.71 Å². The third-order valence-corrected chi connectivity index (χ3v) is 4.74. The van der Waals surface area contributed by atoms with Gasteiger partial charge in [-0.15, -0.1) is 0 Å². The Morgan fingerprint density at radius 1 is 1.13 bits per heavy atom. The first kappa shape index (κ1) is 13.9. The van der Waals surface area contributed by atoms with E-state index < -0.39 is 0 Å². The van der Waals surface area contributed by atoms with Gasteiger partial charge in [0.2, 0.25) is 0 Å². The molecule has 2 heterocycles. The SMILES string of the molecule is N#Cc1cccc(C2CCC3=C(C2)N=C(c2ccccn2)C3)c1.